The first-order chi connectivity index (χ1) is 15.5. The van der Waals surface area contributed by atoms with E-state index in [0.29, 0.717) is 10.9 Å². The number of carbonyl (C=O) groups is 1. The van der Waals surface area contributed by atoms with Gasteiger partial charge >= 0.3 is 12.1 Å². The van der Waals surface area contributed by atoms with E-state index >= 15 is 0 Å². The zero-order chi connectivity index (χ0) is 23.7. The molecule has 1 aromatic carbocycles. The van der Waals surface area contributed by atoms with Gasteiger partial charge in [0.2, 0.25) is 0 Å². The number of alkyl halides is 3. The number of nitrogens with zero attached hydrogens (tertiary/aromatic N) is 2. The maximum atomic E-state index is 13.4. The molecule has 4 heterocycles. The van der Waals surface area contributed by atoms with Gasteiger partial charge in [0.05, 0.1) is 22.5 Å². The van der Waals surface area contributed by atoms with Gasteiger partial charge in [0, 0.05) is 16.5 Å². The first-order valence-corrected chi connectivity index (χ1v) is 10.0. The number of aliphatic hydroxyl groups is 1. The number of pyridine rings is 2. The Balaban J connectivity index is 1.79. The Bertz CT molecular complexity index is 1380. The van der Waals surface area contributed by atoms with Gasteiger partial charge in [-0.15, -0.1) is 0 Å². The molecule has 0 amide bonds. The molecule has 8 nitrogen and oxygen atoms in total. The van der Waals surface area contributed by atoms with Gasteiger partial charge in [0.25, 0.3) is 5.56 Å². The van der Waals surface area contributed by atoms with E-state index in [9.17, 15) is 33.0 Å². The van der Waals surface area contributed by atoms with E-state index in [1.165, 1.54) is 30.3 Å². The molecule has 0 saturated heterocycles. The van der Waals surface area contributed by atoms with Gasteiger partial charge in [-0.25, -0.2) is 9.78 Å². The predicted molar refractivity (Wildman–Crippen MR) is 107 cm³/mol. The predicted octanol–water partition coefficient (Wildman–Crippen LogP) is 2.86. The fourth-order valence-electron chi connectivity index (χ4n) is 4.34. The average molecular weight is 462 g/mol. The van der Waals surface area contributed by atoms with Gasteiger partial charge in [-0.1, -0.05) is 6.92 Å². The Morgan fingerprint density at radius 1 is 1.27 bits per heavy atom. The summed E-state index contributed by atoms with van der Waals surface area (Å²) in [5, 5.41) is 21.2. The van der Waals surface area contributed by atoms with Crippen molar-refractivity contribution in [1.82, 2.24) is 9.55 Å². The second kappa shape index (κ2) is 7.03. The van der Waals surface area contributed by atoms with Crippen molar-refractivity contribution in [2.45, 2.75) is 38.0 Å². The molecule has 3 aromatic rings. The van der Waals surface area contributed by atoms with Crippen LogP contribution in [0.5, 0.6) is 5.75 Å². The minimum absolute atomic E-state index is 0.0347. The van der Waals surface area contributed by atoms with E-state index in [-0.39, 0.29) is 40.2 Å². The molecule has 33 heavy (non-hydrogen) atoms. The van der Waals surface area contributed by atoms with Crippen molar-refractivity contribution < 1.29 is 37.7 Å². The van der Waals surface area contributed by atoms with Crippen LogP contribution in [0.15, 0.2) is 35.1 Å². The molecule has 11 heteroatoms. The number of phenolic OH excluding ortho intramolecular Hbond substituents is 1. The van der Waals surface area contributed by atoms with Crippen molar-refractivity contribution in [3.05, 3.63) is 57.4 Å². The number of cyclic esters (lactones) is 1. The van der Waals surface area contributed by atoms with Gasteiger partial charge in [-0.05, 0) is 36.8 Å². The Morgan fingerprint density at radius 3 is 2.73 bits per heavy atom. The van der Waals surface area contributed by atoms with Crippen LogP contribution in [0.3, 0.4) is 0 Å². The lowest BCUT2D eigenvalue weighted by atomic mass is 9.86. The van der Waals surface area contributed by atoms with Crippen molar-refractivity contribution >= 4 is 16.9 Å². The van der Waals surface area contributed by atoms with Gasteiger partial charge in [0.15, 0.2) is 11.8 Å². The van der Waals surface area contributed by atoms with Gasteiger partial charge in [-0.3, -0.25) is 9.36 Å². The molecule has 172 valence electrons. The van der Waals surface area contributed by atoms with E-state index in [0.717, 1.165) is 4.57 Å². The average Bonchev–Trinajstić information content (AvgIpc) is 3.06. The number of halogens is 3. The summed E-state index contributed by atoms with van der Waals surface area (Å²) in [6.45, 7) is -0.504. The van der Waals surface area contributed by atoms with Crippen LogP contribution in [0.1, 0.15) is 36.3 Å². The van der Waals surface area contributed by atoms with Gasteiger partial charge in [0.1, 0.15) is 19.0 Å². The van der Waals surface area contributed by atoms with Crippen molar-refractivity contribution in [1.29, 1.82) is 0 Å². The van der Waals surface area contributed by atoms with Crippen LogP contribution in [0.2, 0.25) is 0 Å². The summed E-state index contributed by atoms with van der Waals surface area (Å²) in [5.74, 6) is -0.976. The lowest BCUT2D eigenvalue weighted by Crippen LogP contribution is -2.44. The third-order valence-corrected chi connectivity index (χ3v) is 5.96. The molecule has 2 atom stereocenters. The number of hydrogen-bond donors (Lipinski definition) is 2. The molecule has 0 radical (unpaired) electrons. The van der Waals surface area contributed by atoms with Crippen molar-refractivity contribution in [2.75, 3.05) is 6.61 Å². The Labute approximate surface area is 183 Å². The van der Waals surface area contributed by atoms with Crippen LogP contribution in [-0.4, -0.2) is 38.5 Å². The molecular formula is C22H17F3N2O6. The molecule has 1 unspecified atom stereocenters. The van der Waals surface area contributed by atoms with E-state index < -0.39 is 42.7 Å². The maximum Gasteiger partial charge on any atom is 0.411 e. The summed E-state index contributed by atoms with van der Waals surface area (Å²) in [6.07, 6.45) is -6.19. The molecule has 0 spiro atoms. The minimum Gasteiger partial charge on any atom is -0.508 e. The standard InChI is InChI=1S/C22H17F3N2O6/c1-2-21(31)14-7-16-17-12(6-10-5-11(28)3-4-15(10)26-17)19(33-9-22(23,24)25)27(16)18(29)13(14)8-32-20(21)30/h3-7,19,28,31H,2,8-9H2,1H3/t19?,21-/m0/s1. The van der Waals surface area contributed by atoms with E-state index in [2.05, 4.69) is 4.98 Å². The number of aromatic hydroxyl groups is 1. The molecule has 2 aromatic heterocycles. The summed E-state index contributed by atoms with van der Waals surface area (Å²) < 4.78 is 50.1. The number of rotatable bonds is 3. The highest BCUT2D eigenvalue weighted by atomic mass is 19.4. The first kappa shape index (κ1) is 21.4. The quantitative estimate of drug-likeness (QED) is 0.576. The number of carbonyl (C=O) groups excluding carboxylic acids is 1. The largest absolute Gasteiger partial charge is 0.508 e. The molecular weight excluding hydrogens is 445 g/mol. The lowest BCUT2D eigenvalue weighted by Gasteiger charge is -2.32. The highest BCUT2D eigenvalue weighted by molar-refractivity contribution is 5.87. The highest BCUT2D eigenvalue weighted by Crippen LogP contribution is 2.43. The summed E-state index contributed by atoms with van der Waals surface area (Å²) in [6, 6.07) is 7.20. The van der Waals surface area contributed by atoms with Crippen LogP contribution in [0, 0.1) is 0 Å². The van der Waals surface area contributed by atoms with Crippen molar-refractivity contribution in [3.63, 3.8) is 0 Å². The van der Waals surface area contributed by atoms with Gasteiger partial charge in [-0.2, -0.15) is 13.2 Å². The smallest absolute Gasteiger partial charge is 0.411 e. The van der Waals surface area contributed by atoms with Crippen LogP contribution in [0.4, 0.5) is 13.2 Å². The Kier molecular flexibility index (Phi) is 4.56. The van der Waals surface area contributed by atoms with Crippen molar-refractivity contribution in [3.8, 4) is 17.1 Å². The van der Waals surface area contributed by atoms with E-state index in [4.69, 9.17) is 9.47 Å². The Morgan fingerprint density at radius 2 is 2.03 bits per heavy atom. The fourth-order valence-corrected chi connectivity index (χ4v) is 4.34. The molecule has 0 aliphatic carbocycles. The summed E-state index contributed by atoms with van der Waals surface area (Å²) in [7, 11) is 0. The molecule has 2 aliphatic heterocycles. The normalized spacial score (nSPS) is 21.5. The second-order valence-corrected chi connectivity index (χ2v) is 7.97. The van der Waals surface area contributed by atoms with E-state index in [1.807, 2.05) is 0 Å². The van der Waals surface area contributed by atoms with Crippen LogP contribution < -0.4 is 5.56 Å². The zero-order valence-electron chi connectivity index (χ0n) is 17.1. The maximum absolute atomic E-state index is 13.4. The summed E-state index contributed by atoms with van der Waals surface area (Å²) in [4.78, 5) is 30.2. The van der Waals surface area contributed by atoms with Crippen LogP contribution >= 0.6 is 0 Å². The zero-order valence-corrected chi connectivity index (χ0v) is 17.1. The highest BCUT2D eigenvalue weighted by Gasteiger charge is 2.46. The number of phenols is 1. The Hall–Kier alpha value is -3.44. The molecule has 2 aliphatic rings. The third kappa shape index (κ3) is 3.18. The van der Waals surface area contributed by atoms with E-state index in [1.54, 1.807) is 6.92 Å². The van der Waals surface area contributed by atoms with Crippen LogP contribution in [-0.2, 0) is 26.5 Å². The number of aromatic nitrogens is 2. The second-order valence-electron chi connectivity index (χ2n) is 7.97. The summed E-state index contributed by atoms with van der Waals surface area (Å²) in [5.41, 5.74) is -1.94. The van der Waals surface area contributed by atoms with Crippen LogP contribution in [0.25, 0.3) is 22.3 Å². The fraction of sp³-hybridized carbons (Fsp3) is 0.318. The number of hydrogen-bond acceptors (Lipinski definition) is 7. The molecule has 0 bridgehead atoms. The minimum atomic E-state index is -4.65. The summed E-state index contributed by atoms with van der Waals surface area (Å²) >= 11 is 0. The van der Waals surface area contributed by atoms with Gasteiger partial charge < -0.3 is 19.7 Å². The molecule has 5 rings (SSSR count). The molecule has 0 saturated carbocycles. The first-order valence-electron chi connectivity index (χ1n) is 10.0. The SMILES string of the molecule is CC[C@@]1(O)C(=O)OCc2c1cc1n(c2=O)C(OCC(F)(F)F)c2cc3cc(O)ccc3nc2-1. The monoisotopic (exact) mass is 462 g/mol. The number of fused-ring (bicyclic) bond motifs is 5. The lowest BCUT2D eigenvalue weighted by molar-refractivity contribution is -0.188. The number of esters is 1. The van der Waals surface area contributed by atoms with Crippen molar-refractivity contribution in [2.24, 2.45) is 0 Å². The number of benzene rings is 1. The molecule has 0 fully saturated rings. The topological polar surface area (TPSA) is 111 Å². The molecule has 2 N–H and O–H groups in total. The number of ether oxygens (including phenoxy) is 2. The third-order valence-electron chi connectivity index (χ3n) is 5.96.